The molecule has 4 rings (SSSR count). The average molecular weight is 350 g/mol. The van der Waals surface area contributed by atoms with Crippen molar-refractivity contribution in [2.75, 3.05) is 32.3 Å². The lowest BCUT2D eigenvalue weighted by Gasteiger charge is -2.24. The molecule has 0 radical (unpaired) electrons. The van der Waals surface area contributed by atoms with E-state index in [1.807, 2.05) is 42.6 Å². The second-order valence-corrected chi connectivity index (χ2v) is 6.14. The topological polar surface area (TPSA) is 35.9 Å². The molecule has 2 heterocycles. The highest BCUT2D eigenvalue weighted by molar-refractivity contribution is 5.52. The Morgan fingerprint density at radius 3 is 2.54 bits per heavy atom. The van der Waals surface area contributed by atoms with Gasteiger partial charge in [-0.1, -0.05) is 12.1 Å². The molecule has 0 spiro atoms. The van der Waals surface area contributed by atoms with E-state index in [4.69, 9.17) is 14.2 Å². The molecule has 0 bridgehead atoms. The summed E-state index contributed by atoms with van der Waals surface area (Å²) in [6.45, 7) is 1.56. The summed E-state index contributed by atoms with van der Waals surface area (Å²) in [4.78, 5) is 2.27. The molecule has 1 aliphatic heterocycles. The van der Waals surface area contributed by atoms with Crippen LogP contribution in [0.3, 0.4) is 0 Å². The number of nitrogens with zero attached hydrogens (tertiary/aromatic N) is 2. The molecular weight excluding hydrogens is 328 g/mol. The molecule has 1 saturated heterocycles. The number of anilines is 1. The Balaban J connectivity index is 1.61. The molecular formula is C21H22N2O3. The number of hydrogen-bond donors (Lipinski definition) is 0. The van der Waals surface area contributed by atoms with E-state index in [9.17, 15) is 0 Å². The van der Waals surface area contributed by atoms with E-state index in [1.165, 1.54) is 0 Å². The molecule has 0 aliphatic carbocycles. The Labute approximate surface area is 153 Å². The SMILES string of the molecule is COc1ccc(N2CCOC2c2ccn(-c3ccccc3OC)c2)cc1. The third-order valence-corrected chi connectivity index (χ3v) is 4.66. The van der Waals surface area contributed by atoms with Crippen LogP contribution < -0.4 is 14.4 Å². The van der Waals surface area contributed by atoms with Crippen LogP contribution in [-0.4, -0.2) is 31.9 Å². The van der Waals surface area contributed by atoms with Gasteiger partial charge in [-0.25, -0.2) is 0 Å². The molecule has 1 aliphatic rings. The van der Waals surface area contributed by atoms with Gasteiger partial charge in [-0.2, -0.15) is 0 Å². The number of methoxy groups -OCH3 is 2. The van der Waals surface area contributed by atoms with Crippen molar-refractivity contribution in [3.05, 3.63) is 72.6 Å². The summed E-state index contributed by atoms with van der Waals surface area (Å²) in [5.74, 6) is 1.70. The maximum absolute atomic E-state index is 6.02. The Bertz CT molecular complexity index is 873. The van der Waals surface area contributed by atoms with E-state index in [2.05, 4.69) is 33.9 Å². The summed E-state index contributed by atoms with van der Waals surface area (Å²) in [5, 5.41) is 0. The molecule has 0 N–H and O–H groups in total. The molecule has 134 valence electrons. The molecule has 1 fully saturated rings. The highest BCUT2D eigenvalue weighted by atomic mass is 16.5. The molecule has 2 aromatic carbocycles. The van der Waals surface area contributed by atoms with Gasteiger partial charge in [0.1, 0.15) is 11.5 Å². The highest BCUT2D eigenvalue weighted by Crippen LogP contribution is 2.34. The first-order chi connectivity index (χ1) is 12.8. The highest BCUT2D eigenvalue weighted by Gasteiger charge is 2.28. The molecule has 1 unspecified atom stereocenters. The van der Waals surface area contributed by atoms with Crippen LogP contribution in [0.5, 0.6) is 11.5 Å². The lowest BCUT2D eigenvalue weighted by atomic mass is 10.2. The maximum atomic E-state index is 6.02. The summed E-state index contributed by atoms with van der Waals surface area (Å²) >= 11 is 0. The van der Waals surface area contributed by atoms with Gasteiger partial charge in [0.05, 0.1) is 26.5 Å². The van der Waals surface area contributed by atoms with Gasteiger partial charge in [0.15, 0.2) is 6.23 Å². The van der Waals surface area contributed by atoms with Crippen LogP contribution in [0.4, 0.5) is 5.69 Å². The van der Waals surface area contributed by atoms with Crippen LogP contribution in [0.15, 0.2) is 67.0 Å². The zero-order chi connectivity index (χ0) is 17.9. The zero-order valence-corrected chi connectivity index (χ0v) is 15.0. The molecule has 5 nitrogen and oxygen atoms in total. The third kappa shape index (κ3) is 3.02. The molecule has 0 saturated carbocycles. The standard InChI is InChI=1S/C21H22N2O3/c1-24-18-9-7-17(8-10-18)23-13-14-26-21(23)16-11-12-22(15-16)19-5-3-4-6-20(19)25-2/h3-12,15,21H,13-14H2,1-2H3. The molecule has 3 aromatic rings. The lowest BCUT2D eigenvalue weighted by molar-refractivity contribution is 0.114. The second kappa shape index (κ2) is 7.14. The minimum absolute atomic E-state index is 0.0978. The minimum Gasteiger partial charge on any atom is -0.497 e. The fourth-order valence-corrected chi connectivity index (χ4v) is 3.34. The lowest BCUT2D eigenvalue weighted by Crippen LogP contribution is -2.22. The largest absolute Gasteiger partial charge is 0.497 e. The first kappa shape index (κ1) is 16.5. The van der Waals surface area contributed by atoms with E-state index in [-0.39, 0.29) is 6.23 Å². The van der Waals surface area contributed by atoms with Gasteiger partial charge in [-0.15, -0.1) is 0 Å². The van der Waals surface area contributed by atoms with Gasteiger partial charge in [0, 0.05) is 30.2 Å². The van der Waals surface area contributed by atoms with Crippen molar-refractivity contribution in [2.24, 2.45) is 0 Å². The van der Waals surface area contributed by atoms with Crippen LogP contribution in [0.1, 0.15) is 11.8 Å². The van der Waals surface area contributed by atoms with Gasteiger partial charge in [0.2, 0.25) is 0 Å². The van der Waals surface area contributed by atoms with E-state index in [0.29, 0.717) is 6.61 Å². The summed E-state index contributed by atoms with van der Waals surface area (Å²) in [6.07, 6.45) is 4.05. The van der Waals surface area contributed by atoms with E-state index < -0.39 is 0 Å². The molecule has 0 amide bonds. The number of ether oxygens (including phenoxy) is 3. The van der Waals surface area contributed by atoms with E-state index >= 15 is 0 Å². The number of para-hydroxylation sites is 2. The van der Waals surface area contributed by atoms with Crippen LogP contribution in [-0.2, 0) is 4.74 Å². The van der Waals surface area contributed by atoms with Crippen LogP contribution >= 0.6 is 0 Å². The van der Waals surface area contributed by atoms with Crippen LogP contribution in [0.2, 0.25) is 0 Å². The van der Waals surface area contributed by atoms with E-state index in [0.717, 1.165) is 35.0 Å². The van der Waals surface area contributed by atoms with Gasteiger partial charge in [-0.3, -0.25) is 0 Å². The average Bonchev–Trinajstić information content (AvgIpc) is 3.37. The summed E-state index contributed by atoms with van der Waals surface area (Å²) in [7, 11) is 3.37. The van der Waals surface area contributed by atoms with Crippen molar-refractivity contribution in [1.29, 1.82) is 0 Å². The van der Waals surface area contributed by atoms with Gasteiger partial charge in [-0.05, 0) is 42.5 Å². The summed E-state index contributed by atoms with van der Waals surface area (Å²) in [5.41, 5.74) is 3.25. The minimum atomic E-state index is -0.0978. The van der Waals surface area contributed by atoms with Crippen molar-refractivity contribution in [3.63, 3.8) is 0 Å². The number of aromatic nitrogens is 1. The summed E-state index contributed by atoms with van der Waals surface area (Å²) < 4.78 is 18.8. The number of hydrogen-bond acceptors (Lipinski definition) is 4. The Morgan fingerprint density at radius 1 is 0.962 bits per heavy atom. The Hall–Kier alpha value is -2.92. The molecule has 1 aromatic heterocycles. The Morgan fingerprint density at radius 2 is 1.77 bits per heavy atom. The van der Waals surface area contributed by atoms with E-state index in [1.54, 1.807) is 14.2 Å². The van der Waals surface area contributed by atoms with Crippen LogP contribution in [0.25, 0.3) is 5.69 Å². The second-order valence-electron chi connectivity index (χ2n) is 6.14. The zero-order valence-electron chi connectivity index (χ0n) is 15.0. The van der Waals surface area contributed by atoms with Crippen LogP contribution in [0, 0.1) is 0 Å². The van der Waals surface area contributed by atoms with Gasteiger partial charge in [0.25, 0.3) is 0 Å². The van der Waals surface area contributed by atoms with Gasteiger partial charge >= 0.3 is 0 Å². The smallest absolute Gasteiger partial charge is 0.158 e. The molecule has 5 heteroatoms. The predicted octanol–water partition coefficient (Wildman–Crippen LogP) is 4.03. The van der Waals surface area contributed by atoms with Crippen molar-refractivity contribution in [2.45, 2.75) is 6.23 Å². The normalized spacial score (nSPS) is 16.7. The fourth-order valence-electron chi connectivity index (χ4n) is 3.34. The maximum Gasteiger partial charge on any atom is 0.158 e. The Kier molecular flexibility index (Phi) is 4.54. The molecule has 1 atom stereocenters. The predicted molar refractivity (Wildman–Crippen MR) is 101 cm³/mol. The number of benzene rings is 2. The first-order valence-electron chi connectivity index (χ1n) is 8.64. The van der Waals surface area contributed by atoms with Crippen molar-refractivity contribution < 1.29 is 14.2 Å². The van der Waals surface area contributed by atoms with Crippen molar-refractivity contribution >= 4 is 5.69 Å². The monoisotopic (exact) mass is 350 g/mol. The molecule has 26 heavy (non-hydrogen) atoms. The first-order valence-corrected chi connectivity index (χ1v) is 8.64. The van der Waals surface area contributed by atoms with Gasteiger partial charge < -0.3 is 23.7 Å². The fraction of sp³-hybridized carbons (Fsp3) is 0.238. The van der Waals surface area contributed by atoms with Crippen molar-refractivity contribution in [1.82, 2.24) is 4.57 Å². The van der Waals surface area contributed by atoms with Crippen molar-refractivity contribution in [3.8, 4) is 17.2 Å². The number of rotatable bonds is 5. The third-order valence-electron chi connectivity index (χ3n) is 4.66. The quantitative estimate of drug-likeness (QED) is 0.696. The summed E-state index contributed by atoms with van der Waals surface area (Å²) in [6, 6.07) is 18.2.